The Morgan fingerprint density at radius 1 is 1.47 bits per heavy atom. The van der Waals surface area contributed by atoms with E-state index >= 15 is 0 Å². The smallest absolute Gasteiger partial charge is 0.230 e. The third kappa shape index (κ3) is 2.27. The lowest BCUT2D eigenvalue weighted by molar-refractivity contribution is -0.117. The minimum absolute atomic E-state index is 0.102. The van der Waals surface area contributed by atoms with E-state index in [0.717, 1.165) is 11.3 Å². The minimum atomic E-state index is -0.854. The second-order valence-corrected chi connectivity index (χ2v) is 5.36. The summed E-state index contributed by atoms with van der Waals surface area (Å²) in [7, 11) is 0. The van der Waals surface area contributed by atoms with Crippen LogP contribution in [0.15, 0.2) is 24.3 Å². The van der Waals surface area contributed by atoms with E-state index in [1.165, 1.54) is 0 Å². The SMILES string of the molecule is Cc1ccccc1NC(=O)[C@@H]1CC1(Cl)Cl. The maximum absolute atomic E-state index is 11.7. The van der Waals surface area contributed by atoms with Crippen molar-refractivity contribution >= 4 is 34.8 Å². The Bertz CT molecular complexity index is 403. The third-order valence-corrected chi connectivity index (χ3v) is 3.38. The van der Waals surface area contributed by atoms with Crippen LogP contribution < -0.4 is 5.32 Å². The van der Waals surface area contributed by atoms with Crippen molar-refractivity contribution < 1.29 is 4.79 Å². The molecule has 0 aliphatic heterocycles. The van der Waals surface area contributed by atoms with Gasteiger partial charge in [0.15, 0.2) is 0 Å². The van der Waals surface area contributed by atoms with Gasteiger partial charge in [0.1, 0.15) is 4.33 Å². The van der Waals surface area contributed by atoms with Gasteiger partial charge < -0.3 is 5.32 Å². The van der Waals surface area contributed by atoms with Gasteiger partial charge in [0, 0.05) is 5.69 Å². The van der Waals surface area contributed by atoms with Crippen LogP contribution in [-0.2, 0) is 4.79 Å². The summed E-state index contributed by atoms with van der Waals surface area (Å²) in [5, 5.41) is 2.82. The number of halogens is 2. The zero-order valence-corrected chi connectivity index (χ0v) is 9.77. The van der Waals surface area contributed by atoms with E-state index in [0.29, 0.717) is 6.42 Å². The van der Waals surface area contributed by atoms with Crippen molar-refractivity contribution in [2.75, 3.05) is 5.32 Å². The van der Waals surface area contributed by atoms with Gasteiger partial charge in [0.2, 0.25) is 5.91 Å². The molecular weight excluding hydrogens is 233 g/mol. The molecule has 1 saturated carbocycles. The average Bonchev–Trinajstić information content (AvgIpc) is 2.79. The molecule has 0 spiro atoms. The standard InChI is InChI=1S/C11H11Cl2NO/c1-7-4-2-3-5-9(7)14-10(15)8-6-11(8,12)13/h2-5,8H,6H2,1H3,(H,14,15)/t8-/m0/s1. The van der Waals surface area contributed by atoms with Gasteiger partial charge in [0.25, 0.3) is 0 Å². The summed E-state index contributed by atoms with van der Waals surface area (Å²) in [6, 6.07) is 7.61. The normalized spacial score (nSPS) is 22.2. The summed E-state index contributed by atoms with van der Waals surface area (Å²) in [5.74, 6) is -0.380. The quantitative estimate of drug-likeness (QED) is 0.795. The van der Waals surface area contributed by atoms with Crippen molar-refractivity contribution in [3.8, 4) is 0 Å². The molecule has 0 heterocycles. The third-order valence-electron chi connectivity index (χ3n) is 2.55. The molecule has 1 fully saturated rings. The second-order valence-electron chi connectivity index (χ2n) is 3.82. The van der Waals surface area contributed by atoms with Gasteiger partial charge in [0.05, 0.1) is 5.92 Å². The van der Waals surface area contributed by atoms with Gasteiger partial charge >= 0.3 is 0 Å². The fourth-order valence-electron chi connectivity index (χ4n) is 1.43. The van der Waals surface area contributed by atoms with Crippen molar-refractivity contribution in [1.29, 1.82) is 0 Å². The Morgan fingerprint density at radius 3 is 2.60 bits per heavy atom. The number of hydrogen-bond donors (Lipinski definition) is 1. The van der Waals surface area contributed by atoms with Gasteiger partial charge in [-0.2, -0.15) is 0 Å². The number of benzene rings is 1. The fourth-order valence-corrected chi connectivity index (χ4v) is 1.94. The van der Waals surface area contributed by atoms with E-state index in [9.17, 15) is 4.79 Å². The first-order chi connectivity index (χ1) is 7.00. The number of aryl methyl sites for hydroxylation is 1. The van der Waals surface area contributed by atoms with Gasteiger partial charge in [-0.15, -0.1) is 23.2 Å². The lowest BCUT2D eigenvalue weighted by Gasteiger charge is -2.07. The van der Waals surface area contributed by atoms with Crippen LogP contribution in [0.4, 0.5) is 5.69 Å². The summed E-state index contributed by atoms with van der Waals surface area (Å²) in [6.07, 6.45) is 0.536. The lowest BCUT2D eigenvalue weighted by atomic mass is 10.2. The molecule has 80 valence electrons. The van der Waals surface area contributed by atoms with Crippen LogP contribution in [0.5, 0.6) is 0 Å². The highest BCUT2D eigenvalue weighted by Crippen LogP contribution is 2.53. The molecular formula is C11H11Cl2NO. The Labute approximate surface area is 98.6 Å². The Morgan fingerprint density at radius 2 is 2.07 bits per heavy atom. The molecule has 0 bridgehead atoms. The van der Waals surface area contributed by atoms with Crippen LogP contribution in [0, 0.1) is 12.8 Å². The molecule has 1 aromatic rings. The maximum atomic E-state index is 11.7. The van der Waals surface area contributed by atoms with Gasteiger partial charge in [-0.05, 0) is 25.0 Å². The molecule has 0 aromatic heterocycles. The first-order valence-corrected chi connectivity index (χ1v) is 5.50. The van der Waals surface area contributed by atoms with Crippen LogP contribution in [-0.4, -0.2) is 10.2 Å². The van der Waals surface area contributed by atoms with Gasteiger partial charge in [-0.3, -0.25) is 4.79 Å². The van der Waals surface area contributed by atoms with Crippen LogP contribution in [0.25, 0.3) is 0 Å². The van der Waals surface area contributed by atoms with E-state index in [-0.39, 0.29) is 11.8 Å². The summed E-state index contributed by atoms with van der Waals surface area (Å²) >= 11 is 11.6. The highest BCUT2D eigenvalue weighted by Gasteiger charge is 2.56. The maximum Gasteiger partial charge on any atom is 0.230 e. The van der Waals surface area contributed by atoms with Crippen molar-refractivity contribution in [2.24, 2.45) is 5.92 Å². The molecule has 1 atom stereocenters. The van der Waals surface area contributed by atoms with Crippen molar-refractivity contribution in [1.82, 2.24) is 0 Å². The van der Waals surface area contributed by atoms with Gasteiger partial charge in [-0.25, -0.2) is 0 Å². The van der Waals surface area contributed by atoms with Crippen molar-refractivity contribution in [2.45, 2.75) is 17.7 Å². The number of amides is 1. The Hall–Kier alpha value is -0.730. The number of para-hydroxylation sites is 1. The number of nitrogens with one attached hydrogen (secondary N) is 1. The summed E-state index contributed by atoms with van der Waals surface area (Å²) in [4.78, 5) is 11.7. The number of carbonyl (C=O) groups excluding carboxylic acids is 1. The Kier molecular flexibility index (Phi) is 2.65. The second kappa shape index (κ2) is 3.69. The zero-order valence-electron chi connectivity index (χ0n) is 8.26. The predicted octanol–water partition coefficient (Wildman–Crippen LogP) is 3.13. The van der Waals surface area contributed by atoms with E-state index in [1.807, 2.05) is 31.2 Å². The number of carbonyl (C=O) groups is 1. The number of alkyl halides is 2. The van der Waals surface area contributed by atoms with Crippen LogP contribution >= 0.6 is 23.2 Å². The van der Waals surface area contributed by atoms with E-state index in [4.69, 9.17) is 23.2 Å². The first kappa shape index (κ1) is 10.8. The molecule has 15 heavy (non-hydrogen) atoms. The van der Waals surface area contributed by atoms with Crippen LogP contribution in [0.1, 0.15) is 12.0 Å². The van der Waals surface area contributed by atoms with E-state index in [1.54, 1.807) is 0 Å². The zero-order chi connectivity index (χ0) is 11.1. The largest absolute Gasteiger partial charge is 0.326 e. The lowest BCUT2D eigenvalue weighted by Crippen LogP contribution is -2.17. The highest BCUT2D eigenvalue weighted by molar-refractivity contribution is 6.52. The monoisotopic (exact) mass is 243 g/mol. The molecule has 1 aliphatic carbocycles. The average molecular weight is 244 g/mol. The van der Waals surface area contributed by atoms with Gasteiger partial charge in [-0.1, -0.05) is 18.2 Å². The predicted molar refractivity (Wildman–Crippen MR) is 62.4 cm³/mol. The number of hydrogen-bond acceptors (Lipinski definition) is 1. The first-order valence-electron chi connectivity index (χ1n) is 4.75. The fraction of sp³-hybridized carbons (Fsp3) is 0.364. The molecule has 1 amide bonds. The summed E-state index contributed by atoms with van der Waals surface area (Å²) < 4.78 is -0.854. The van der Waals surface area contributed by atoms with E-state index < -0.39 is 4.33 Å². The molecule has 4 heteroatoms. The molecule has 0 radical (unpaired) electrons. The van der Waals surface area contributed by atoms with Crippen LogP contribution in [0.2, 0.25) is 0 Å². The molecule has 1 N–H and O–H groups in total. The molecule has 1 aliphatic rings. The molecule has 1 aromatic carbocycles. The van der Waals surface area contributed by atoms with Crippen LogP contribution in [0.3, 0.4) is 0 Å². The van der Waals surface area contributed by atoms with Crippen molar-refractivity contribution in [3.63, 3.8) is 0 Å². The summed E-state index contributed by atoms with van der Waals surface area (Å²) in [5.41, 5.74) is 1.85. The highest BCUT2D eigenvalue weighted by atomic mass is 35.5. The molecule has 0 saturated heterocycles. The molecule has 0 unspecified atom stereocenters. The molecule has 2 rings (SSSR count). The molecule has 2 nitrogen and oxygen atoms in total. The number of rotatable bonds is 2. The topological polar surface area (TPSA) is 29.1 Å². The Balaban J connectivity index is 2.05. The minimum Gasteiger partial charge on any atom is -0.326 e. The summed E-state index contributed by atoms with van der Waals surface area (Å²) in [6.45, 7) is 1.94. The van der Waals surface area contributed by atoms with Crippen molar-refractivity contribution in [3.05, 3.63) is 29.8 Å². The number of anilines is 1. The van der Waals surface area contributed by atoms with E-state index in [2.05, 4.69) is 5.32 Å².